The summed E-state index contributed by atoms with van der Waals surface area (Å²) in [6.45, 7) is 1.70. The number of nitrogen functional groups attached to an aromatic ring is 1. The van der Waals surface area contributed by atoms with E-state index in [1.165, 1.54) is 12.1 Å². The van der Waals surface area contributed by atoms with Crippen LogP contribution in [0.4, 0.5) is 10.1 Å². The number of nitrogens with one attached hydrogen (secondary N) is 1. The molecule has 0 saturated heterocycles. The molecule has 0 bridgehead atoms. The molecule has 1 heterocycles. The van der Waals surface area contributed by atoms with Crippen LogP contribution < -0.4 is 10.5 Å². The number of benzene rings is 1. The van der Waals surface area contributed by atoms with Gasteiger partial charge in [0.1, 0.15) is 10.7 Å². The van der Waals surface area contributed by atoms with Crippen LogP contribution in [0.1, 0.15) is 11.7 Å². The van der Waals surface area contributed by atoms with Crippen molar-refractivity contribution in [3.8, 4) is 0 Å². The maximum atomic E-state index is 13.2. The van der Waals surface area contributed by atoms with Crippen molar-refractivity contribution in [2.24, 2.45) is 0 Å². The van der Waals surface area contributed by atoms with Crippen LogP contribution in [0.3, 0.4) is 0 Å². The van der Waals surface area contributed by atoms with E-state index in [0.29, 0.717) is 11.7 Å². The second-order valence-electron chi connectivity index (χ2n) is 4.03. The number of anilines is 1. The number of nitrogens with two attached hydrogens (primary N) is 1. The summed E-state index contributed by atoms with van der Waals surface area (Å²) in [6.07, 6.45) is 0.231. The third-order valence-electron chi connectivity index (χ3n) is 2.50. The van der Waals surface area contributed by atoms with Crippen molar-refractivity contribution >= 4 is 15.7 Å². The monoisotopic (exact) mass is 300 g/mol. The van der Waals surface area contributed by atoms with Crippen LogP contribution in [0, 0.1) is 12.7 Å². The molecule has 0 saturated carbocycles. The van der Waals surface area contributed by atoms with Crippen LogP contribution in [0.5, 0.6) is 0 Å². The number of halogens is 1. The highest BCUT2D eigenvalue weighted by molar-refractivity contribution is 7.89. The fourth-order valence-electron chi connectivity index (χ4n) is 1.56. The molecule has 3 N–H and O–H groups in total. The summed E-state index contributed by atoms with van der Waals surface area (Å²) >= 11 is 0. The zero-order chi connectivity index (χ0) is 14.8. The van der Waals surface area contributed by atoms with E-state index in [2.05, 4.69) is 14.9 Å². The molecule has 0 aliphatic heterocycles. The Bertz CT molecular complexity index is 714. The molecule has 2 aromatic rings. The van der Waals surface area contributed by atoms with Crippen molar-refractivity contribution in [2.45, 2.75) is 18.2 Å². The Labute approximate surface area is 115 Å². The van der Waals surface area contributed by atoms with Gasteiger partial charge in [0.05, 0.1) is 5.69 Å². The van der Waals surface area contributed by atoms with E-state index in [-0.39, 0.29) is 17.9 Å². The molecule has 108 valence electrons. The van der Waals surface area contributed by atoms with Gasteiger partial charge in [-0.2, -0.15) is 4.98 Å². The zero-order valence-electron chi connectivity index (χ0n) is 10.6. The second kappa shape index (κ2) is 5.55. The van der Waals surface area contributed by atoms with Gasteiger partial charge in [-0.3, -0.25) is 0 Å². The first-order valence-electron chi connectivity index (χ1n) is 5.73. The Balaban J connectivity index is 2.06. The minimum Gasteiger partial charge on any atom is -0.395 e. The van der Waals surface area contributed by atoms with Crippen molar-refractivity contribution < 1.29 is 17.3 Å². The van der Waals surface area contributed by atoms with Crippen LogP contribution in [0.2, 0.25) is 0 Å². The van der Waals surface area contributed by atoms with E-state index in [4.69, 9.17) is 10.3 Å². The lowest BCUT2D eigenvalue weighted by atomic mass is 10.3. The summed E-state index contributed by atoms with van der Waals surface area (Å²) in [5.41, 5.74) is 5.01. The van der Waals surface area contributed by atoms with Gasteiger partial charge in [0.15, 0.2) is 5.82 Å². The highest BCUT2D eigenvalue weighted by Crippen LogP contribution is 2.20. The van der Waals surface area contributed by atoms with Gasteiger partial charge >= 0.3 is 0 Å². The van der Waals surface area contributed by atoms with E-state index in [1.54, 1.807) is 6.92 Å². The van der Waals surface area contributed by atoms with Crippen molar-refractivity contribution in [1.82, 2.24) is 14.9 Å². The molecule has 1 aromatic carbocycles. The molecule has 2 rings (SSSR count). The first kappa shape index (κ1) is 14.4. The fraction of sp³-hybridized carbons (Fsp3) is 0.273. The van der Waals surface area contributed by atoms with Gasteiger partial charge in [0.2, 0.25) is 15.9 Å². The average Bonchev–Trinajstić information content (AvgIpc) is 2.78. The Morgan fingerprint density at radius 2 is 2.20 bits per heavy atom. The third-order valence-corrected chi connectivity index (χ3v) is 4.02. The summed E-state index contributed by atoms with van der Waals surface area (Å²) in [5, 5.41) is 3.58. The number of hydrogen-bond acceptors (Lipinski definition) is 6. The van der Waals surface area contributed by atoms with Gasteiger partial charge < -0.3 is 10.3 Å². The highest BCUT2D eigenvalue weighted by atomic mass is 32.2. The van der Waals surface area contributed by atoms with Crippen LogP contribution in [0.15, 0.2) is 27.6 Å². The molecule has 0 radical (unpaired) electrons. The molecule has 9 heteroatoms. The number of para-hydroxylation sites is 1. The molecule has 20 heavy (non-hydrogen) atoms. The molecule has 0 aliphatic rings. The number of nitrogens with zero attached hydrogens (tertiary/aromatic N) is 2. The first-order valence-corrected chi connectivity index (χ1v) is 7.21. The number of hydrogen-bond donors (Lipinski definition) is 2. The van der Waals surface area contributed by atoms with Crippen LogP contribution in [0.25, 0.3) is 0 Å². The van der Waals surface area contributed by atoms with E-state index in [9.17, 15) is 12.8 Å². The topological polar surface area (TPSA) is 111 Å². The smallest absolute Gasteiger partial charge is 0.242 e. The van der Waals surface area contributed by atoms with Crippen molar-refractivity contribution in [3.63, 3.8) is 0 Å². The SMILES string of the molecule is Cc1noc(CCNS(=O)(=O)c2cccc(F)c2N)n1. The Hall–Kier alpha value is -2.00. The van der Waals surface area contributed by atoms with Crippen molar-refractivity contribution in [1.29, 1.82) is 0 Å². The molecule has 0 fully saturated rings. The quantitative estimate of drug-likeness (QED) is 0.783. The van der Waals surface area contributed by atoms with Gasteiger partial charge in [-0.25, -0.2) is 17.5 Å². The Kier molecular flexibility index (Phi) is 4.00. The number of rotatable bonds is 5. The van der Waals surface area contributed by atoms with Gasteiger partial charge in [0.25, 0.3) is 0 Å². The zero-order valence-corrected chi connectivity index (χ0v) is 11.4. The standard InChI is InChI=1S/C11H13FN4O3S/c1-7-15-10(19-16-7)5-6-14-20(17,18)9-4-2-3-8(12)11(9)13/h2-4,14H,5-6,13H2,1H3. The van der Waals surface area contributed by atoms with Crippen molar-refractivity contribution in [2.75, 3.05) is 12.3 Å². The van der Waals surface area contributed by atoms with E-state index >= 15 is 0 Å². The van der Waals surface area contributed by atoms with Gasteiger partial charge in [-0.05, 0) is 19.1 Å². The van der Waals surface area contributed by atoms with Crippen LogP contribution in [-0.2, 0) is 16.4 Å². The number of aromatic nitrogens is 2. The Morgan fingerprint density at radius 3 is 2.85 bits per heavy atom. The largest absolute Gasteiger partial charge is 0.395 e. The Morgan fingerprint density at radius 1 is 1.45 bits per heavy atom. The molecule has 0 spiro atoms. The molecular formula is C11H13FN4O3S. The fourth-order valence-corrected chi connectivity index (χ4v) is 2.73. The van der Waals surface area contributed by atoms with Crippen LogP contribution >= 0.6 is 0 Å². The molecule has 0 aliphatic carbocycles. The minimum atomic E-state index is -3.88. The lowest BCUT2D eigenvalue weighted by Gasteiger charge is -2.08. The minimum absolute atomic E-state index is 0.0416. The maximum Gasteiger partial charge on any atom is 0.242 e. The summed E-state index contributed by atoms with van der Waals surface area (Å²) in [5.74, 6) is 0.00930. The number of sulfonamides is 1. The molecule has 1 aromatic heterocycles. The summed E-state index contributed by atoms with van der Waals surface area (Å²) < 4.78 is 44.3. The summed E-state index contributed by atoms with van der Waals surface area (Å²) in [7, 11) is -3.88. The summed E-state index contributed by atoms with van der Waals surface area (Å²) in [4.78, 5) is 3.64. The van der Waals surface area contributed by atoms with E-state index in [0.717, 1.165) is 6.07 Å². The molecule has 7 nitrogen and oxygen atoms in total. The molecule has 0 atom stereocenters. The lowest BCUT2D eigenvalue weighted by molar-refractivity contribution is 0.375. The average molecular weight is 300 g/mol. The maximum absolute atomic E-state index is 13.2. The van der Waals surface area contributed by atoms with E-state index in [1.807, 2.05) is 0 Å². The van der Waals surface area contributed by atoms with Crippen LogP contribution in [-0.4, -0.2) is 25.1 Å². The third kappa shape index (κ3) is 3.11. The van der Waals surface area contributed by atoms with Gasteiger partial charge in [-0.1, -0.05) is 11.2 Å². The molecule has 0 amide bonds. The first-order chi connectivity index (χ1) is 9.40. The molecular weight excluding hydrogens is 287 g/mol. The number of aryl methyl sites for hydroxylation is 1. The summed E-state index contributed by atoms with van der Waals surface area (Å²) in [6, 6.07) is 3.61. The predicted molar refractivity (Wildman–Crippen MR) is 68.7 cm³/mol. The van der Waals surface area contributed by atoms with Gasteiger partial charge in [0, 0.05) is 13.0 Å². The van der Waals surface area contributed by atoms with Crippen molar-refractivity contribution in [3.05, 3.63) is 35.7 Å². The lowest BCUT2D eigenvalue weighted by Crippen LogP contribution is -2.27. The van der Waals surface area contributed by atoms with E-state index < -0.39 is 21.5 Å². The predicted octanol–water partition coefficient (Wildman–Crippen LogP) is 0.620. The van der Waals surface area contributed by atoms with Gasteiger partial charge in [-0.15, -0.1) is 0 Å². The molecule has 0 unspecified atom stereocenters. The highest BCUT2D eigenvalue weighted by Gasteiger charge is 2.19. The second-order valence-corrected chi connectivity index (χ2v) is 5.77. The normalized spacial score (nSPS) is 11.7.